The molecule has 1 fully saturated rings. The van der Waals surface area contributed by atoms with Gasteiger partial charge in [-0.25, -0.2) is 4.79 Å². The molecule has 0 spiro atoms. The number of hydrogen-bond donors (Lipinski definition) is 1. The smallest absolute Gasteiger partial charge is 0.410 e. The standard InChI is InChI=1S/C11H10Cl2N2O3/c1-15-9(5-18-11(15)17)10(16)14-6-2-3-7(12)8(13)4-6/h2-4,9H,5H2,1H3,(H,14,16). The Bertz CT molecular complexity index is 507. The van der Waals surface area contributed by atoms with Crippen LogP contribution in [0.3, 0.4) is 0 Å². The molecule has 5 nitrogen and oxygen atoms in total. The van der Waals surface area contributed by atoms with E-state index in [0.717, 1.165) is 0 Å². The zero-order valence-electron chi connectivity index (χ0n) is 9.44. The third kappa shape index (κ3) is 2.52. The zero-order chi connectivity index (χ0) is 13.3. The molecule has 7 heteroatoms. The number of ether oxygens (including phenoxy) is 1. The first-order valence-electron chi connectivity index (χ1n) is 5.14. The molecule has 2 amide bonds. The van der Waals surface area contributed by atoms with E-state index in [1.54, 1.807) is 18.2 Å². The molecule has 1 saturated heterocycles. The van der Waals surface area contributed by atoms with E-state index in [4.69, 9.17) is 27.9 Å². The molecule has 0 aliphatic carbocycles. The molecule has 0 aromatic heterocycles. The van der Waals surface area contributed by atoms with E-state index in [2.05, 4.69) is 5.32 Å². The Morgan fingerprint density at radius 3 is 2.72 bits per heavy atom. The molecule has 1 unspecified atom stereocenters. The van der Waals surface area contributed by atoms with Gasteiger partial charge in [0.05, 0.1) is 10.0 Å². The van der Waals surface area contributed by atoms with Gasteiger partial charge in [0.25, 0.3) is 5.91 Å². The third-order valence-electron chi connectivity index (χ3n) is 2.61. The molecule has 0 saturated carbocycles. The highest BCUT2D eigenvalue weighted by Crippen LogP contribution is 2.25. The predicted octanol–water partition coefficient (Wildman–Crippen LogP) is 2.38. The Balaban J connectivity index is 2.07. The number of likely N-dealkylation sites (N-methyl/N-ethyl adjacent to an activating group) is 1. The first kappa shape index (κ1) is 13.0. The summed E-state index contributed by atoms with van der Waals surface area (Å²) in [7, 11) is 1.51. The van der Waals surface area contributed by atoms with E-state index in [1.165, 1.54) is 11.9 Å². The second-order valence-corrected chi connectivity index (χ2v) is 4.64. The van der Waals surface area contributed by atoms with E-state index in [1.807, 2.05) is 0 Å². The van der Waals surface area contributed by atoms with Crippen LogP contribution in [-0.2, 0) is 9.53 Å². The lowest BCUT2D eigenvalue weighted by Crippen LogP contribution is -2.40. The highest BCUT2D eigenvalue weighted by Gasteiger charge is 2.35. The van der Waals surface area contributed by atoms with E-state index in [9.17, 15) is 9.59 Å². The summed E-state index contributed by atoms with van der Waals surface area (Å²) in [6.45, 7) is 0.0441. The molecule has 0 bridgehead atoms. The fourth-order valence-electron chi connectivity index (χ4n) is 1.54. The second-order valence-electron chi connectivity index (χ2n) is 3.82. The lowest BCUT2D eigenvalue weighted by atomic mass is 10.2. The molecule has 1 N–H and O–H groups in total. The van der Waals surface area contributed by atoms with Crippen LogP contribution in [0.25, 0.3) is 0 Å². The van der Waals surface area contributed by atoms with E-state index in [0.29, 0.717) is 15.7 Å². The maximum atomic E-state index is 11.9. The number of anilines is 1. The summed E-state index contributed by atoms with van der Waals surface area (Å²) in [6.07, 6.45) is -0.510. The summed E-state index contributed by atoms with van der Waals surface area (Å²) in [6, 6.07) is 4.12. The van der Waals surface area contributed by atoms with Gasteiger partial charge in [0.2, 0.25) is 0 Å². The lowest BCUT2D eigenvalue weighted by Gasteiger charge is -2.15. The van der Waals surface area contributed by atoms with Crippen molar-refractivity contribution in [1.29, 1.82) is 0 Å². The minimum Gasteiger partial charge on any atom is -0.447 e. The molecular formula is C11H10Cl2N2O3. The van der Waals surface area contributed by atoms with E-state index < -0.39 is 12.1 Å². The molecule has 1 aliphatic heterocycles. The maximum Gasteiger partial charge on any atom is 0.410 e. The Morgan fingerprint density at radius 2 is 2.17 bits per heavy atom. The largest absolute Gasteiger partial charge is 0.447 e. The number of nitrogens with zero attached hydrogens (tertiary/aromatic N) is 1. The number of carbonyl (C=O) groups excluding carboxylic acids is 2. The Kier molecular flexibility index (Phi) is 3.63. The number of rotatable bonds is 2. The summed E-state index contributed by atoms with van der Waals surface area (Å²) in [5.74, 6) is -0.332. The van der Waals surface area contributed by atoms with Crippen molar-refractivity contribution in [3.05, 3.63) is 28.2 Å². The minimum absolute atomic E-state index is 0.0441. The third-order valence-corrected chi connectivity index (χ3v) is 3.35. The monoisotopic (exact) mass is 288 g/mol. The number of amides is 2. The van der Waals surface area contributed by atoms with Gasteiger partial charge in [-0.2, -0.15) is 0 Å². The van der Waals surface area contributed by atoms with E-state index in [-0.39, 0.29) is 12.5 Å². The van der Waals surface area contributed by atoms with Gasteiger partial charge in [-0.1, -0.05) is 23.2 Å². The van der Waals surface area contributed by atoms with Crippen LogP contribution in [0.15, 0.2) is 18.2 Å². The van der Waals surface area contributed by atoms with E-state index >= 15 is 0 Å². The number of nitrogens with one attached hydrogen (secondary N) is 1. The number of hydrogen-bond acceptors (Lipinski definition) is 3. The van der Waals surface area contributed by atoms with Gasteiger partial charge >= 0.3 is 6.09 Å². The summed E-state index contributed by atoms with van der Waals surface area (Å²) < 4.78 is 4.76. The van der Waals surface area contributed by atoms with Crippen LogP contribution in [0.4, 0.5) is 10.5 Å². The van der Waals surface area contributed by atoms with Crippen LogP contribution in [0.5, 0.6) is 0 Å². The number of cyclic esters (lactones) is 1. The molecule has 1 aromatic carbocycles. The van der Waals surface area contributed by atoms with Crippen LogP contribution < -0.4 is 5.32 Å². The van der Waals surface area contributed by atoms with Gasteiger partial charge in [0, 0.05) is 12.7 Å². The van der Waals surface area contributed by atoms with Gasteiger partial charge in [-0.3, -0.25) is 9.69 Å². The summed E-state index contributed by atoms with van der Waals surface area (Å²) in [5, 5.41) is 3.40. The van der Waals surface area contributed by atoms with Crippen molar-refractivity contribution in [2.75, 3.05) is 19.0 Å². The average molecular weight is 289 g/mol. The highest BCUT2D eigenvalue weighted by atomic mass is 35.5. The Morgan fingerprint density at radius 1 is 1.44 bits per heavy atom. The minimum atomic E-state index is -0.632. The predicted molar refractivity (Wildman–Crippen MR) is 68.0 cm³/mol. The quantitative estimate of drug-likeness (QED) is 0.909. The number of benzene rings is 1. The lowest BCUT2D eigenvalue weighted by molar-refractivity contribution is -0.119. The van der Waals surface area contributed by atoms with Gasteiger partial charge in [-0.05, 0) is 18.2 Å². The molecule has 1 heterocycles. The second kappa shape index (κ2) is 5.04. The Hall–Kier alpha value is -1.46. The van der Waals surface area contributed by atoms with Crippen LogP contribution in [0, 0.1) is 0 Å². The van der Waals surface area contributed by atoms with Gasteiger partial charge in [-0.15, -0.1) is 0 Å². The summed E-state index contributed by atoms with van der Waals surface area (Å²) in [4.78, 5) is 24.3. The van der Waals surface area contributed by atoms with Gasteiger partial charge < -0.3 is 10.1 Å². The molecule has 18 heavy (non-hydrogen) atoms. The number of carbonyl (C=O) groups is 2. The van der Waals surface area contributed by atoms with Gasteiger partial charge in [0.15, 0.2) is 0 Å². The average Bonchev–Trinajstić information content (AvgIpc) is 2.65. The topological polar surface area (TPSA) is 58.6 Å². The van der Waals surface area contributed by atoms with Gasteiger partial charge in [0.1, 0.15) is 12.6 Å². The molecule has 2 rings (SSSR count). The van der Waals surface area contributed by atoms with Crippen molar-refractivity contribution >= 4 is 40.9 Å². The first-order valence-corrected chi connectivity index (χ1v) is 5.90. The number of halogens is 2. The summed E-state index contributed by atoms with van der Waals surface area (Å²) in [5.41, 5.74) is 0.516. The van der Waals surface area contributed by atoms with Crippen LogP contribution in [0.1, 0.15) is 0 Å². The molecule has 0 radical (unpaired) electrons. The molecule has 1 aromatic rings. The first-order chi connectivity index (χ1) is 8.49. The fraction of sp³-hybridized carbons (Fsp3) is 0.273. The van der Waals surface area contributed by atoms with Crippen molar-refractivity contribution in [2.45, 2.75) is 6.04 Å². The van der Waals surface area contributed by atoms with Crippen molar-refractivity contribution in [1.82, 2.24) is 4.90 Å². The van der Waals surface area contributed by atoms with Crippen molar-refractivity contribution in [3.8, 4) is 0 Å². The molecule has 1 atom stereocenters. The fourth-order valence-corrected chi connectivity index (χ4v) is 1.84. The van der Waals surface area contributed by atoms with Crippen molar-refractivity contribution in [2.24, 2.45) is 0 Å². The molecule has 96 valence electrons. The van der Waals surface area contributed by atoms with Crippen molar-refractivity contribution in [3.63, 3.8) is 0 Å². The Labute approximate surface area is 114 Å². The highest BCUT2D eigenvalue weighted by molar-refractivity contribution is 6.42. The molecular weight excluding hydrogens is 279 g/mol. The van der Waals surface area contributed by atoms with Crippen LogP contribution >= 0.6 is 23.2 Å². The SMILES string of the molecule is CN1C(=O)OCC1C(=O)Nc1ccc(Cl)c(Cl)c1. The normalized spacial score (nSPS) is 18.7. The zero-order valence-corrected chi connectivity index (χ0v) is 11.0. The van der Waals surface area contributed by atoms with Crippen LogP contribution in [-0.4, -0.2) is 36.6 Å². The van der Waals surface area contributed by atoms with Crippen molar-refractivity contribution < 1.29 is 14.3 Å². The molecule has 1 aliphatic rings. The van der Waals surface area contributed by atoms with Crippen LogP contribution in [0.2, 0.25) is 10.0 Å². The summed E-state index contributed by atoms with van der Waals surface area (Å²) >= 11 is 11.6. The maximum absolute atomic E-state index is 11.9.